The maximum Gasteiger partial charge on any atom is 0 e. The third-order valence-corrected chi connectivity index (χ3v) is 0. The van der Waals surface area contributed by atoms with Crippen molar-refractivity contribution >= 4 is 13.5 Å². The van der Waals surface area contributed by atoms with Crippen LogP contribution in [0.15, 0.2) is 0 Å². The molecule has 8 heavy (non-hydrogen) atoms. The first-order valence-corrected chi connectivity index (χ1v) is 0. The lowest BCUT2D eigenvalue weighted by molar-refractivity contribution is 0.823. The predicted octanol–water partition coefficient (Wildman–Crippen LogP) is -5.12. The first-order valence-electron chi connectivity index (χ1n) is 0. The molecule has 2 radical (unpaired) electrons. The molecule has 0 amide bonds. The third-order valence-electron chi connectivity index (χ3n) is 0. The van der Waals surface area contributed by atoms with Gasteiger partial charge in [0.15, 0.2) is 0 Å². The Bertz CT molecular complexity index is 4.35. The van der Waals surface area contributed by atoms with E-state index in [9.17, 15) is 0 Å². The van der Waals surface area contributed by atoms with Gasteiger partial charge in [-0.1, -0.05) is 0 Å². The van der Waals surface area contributed by atoms with Crippen LogP contribution in [0.4, 0.5) is 0 Å². The molecule has 0 bridgehead atoms. The fraction of sp³-hybridized carbons (Fsp3) is 0. The van der Waals surface area contributed by atoms with Gasteiger partial charge in [-0.05, 0) is 0 Å². The van der Waals surface area contributed by atoms with E-state index in [1.165, 1.54) is 0 Å². The highest BCUT2D eigenvalue weighted by Crippen LogP contribution is 0.648. The van der Waals surface area contributed by atoms with Gasteiger partial charge in [0.05, 0.1) is 0 Å². The minimum atomic E-state index is 0. The normalized spacial score (nSPS) is 0. The molecule has 0 rings (SSSR count). The summed E-state index contributed by atoms with van der Waals surface area (Å²) in [7, 11) is 0. The van der Waals surface area contributed by atoms with E-state index in [-0.39, 0.29) is 51.8 Å². The van der Waals surface area contributed by atoms with Gasteiger partial charge in [-0.2, -0.15) is 0 Å². The highest BCUT2D eigenvalue weighted by atomic mass is 32.1. The zero-order valence-corrected chi connectivity index (χ0v) is 4.72. The predicted molar refractivity (Wildman–Crippen MR) is 32.9 cm³/mol. The Morgan fingerprint density at radius 2 is 0.250 bits per heavy atom. The Kier molecular flexibility index (Phi) is 547000000. The van der Waals surface area contributed by atoms with Gasteiger partial charge in [-0.25, -0.2) is 0 Å². The van der Waals surface area contributed by atoms with Crippen molar-refractivity contribution in [1.82, 2.24) is 0 Å². The molecule has 0 aliphatic carbocycles. The fourth-order valence-corrected chi connectivity index (χ4v) is 0. The van der Waals surface area contributed by atoms with Crippen LogP contribution in [0, 0.1) is 0 Å². The Labute approximate surface area is 52.9 Å². The molecule has 0 aromatic carbocycles. The van der Waals surface area contributed by atoms with Gasteiger partial charge >= 0.3 is 0 Å². The molecule has 0 aliphatic heterocycles. The van der Waals surface area contributed by atoms with Crippen molar-refractivity contribution in [2.75, 3.05) is 0 Å². The van der Waals surface area contributed by atoms with Crippen molar-refractivity contribution in [3.05, 3.63) is 0 Å². The molecule has 0 aromatic heterocycles. The second-order valence-corrected chi connectivity index (χ2v) is 0. The fourth-order valence-electron chi connectivity index (χ4n) is 0. The van der Waals surface area contributed by atoms with E-state index in [0.717, 1.165) is 0 Å². The highest BCUT2D eigenvalue weighted by Gasteiger charge is 0.0000173. The van der Waals surface area contributed by atoms with E-state index in [2.05, 4.69) is 0 Å². The van der Waals surface area contributed by atoms with Crippen LogP contribution in [-0.4, -0.2) is 38.3 Å². The summed E-state index contributed by atoms with van der Waals surface area (Å²) in [5.74, 6) is 0. The van der Waals surface area contributed by atoms with Crippen LogP contribution in [0.5, 0.6) is 0 Å². The molecule has 0 fully saturated rings. The molecule has 62 valence electrons. The van der Waals surface area contributed by atoms with E-state index in [0.29, 0.717) is 0 Å². The highest BCUT2D eigenvalue weighted by molar-refractivity contribution is 7.59. The lowest BCUT2D eigenvalue weighted by Crippen LogP contribution is -0.290. The Morgan fingerprint density at radius 1 is 0.250 bits per heavy atom. The molecule has 0 saturated heterocycles. The maximum atomic E-state index is 0. The topological polar surface area (TPSA) is 220 Å². The Morgan fingerprint density at radius 3 is 0.250 bits per heavy atom. The average Bonchev–Trinajstić information content (AvgIpc) is 0. The van der Waals surface area contributed by atoms with Gasteiger partial charge in [0.2, 0.25) is 0 Å². The van der Waals surface area contributed by atoms with Crippen molar-refractivity contribution in [1.29, 1.82) is 0 Å². The summed E-state index contributed by atoms with van der Waals surface area (Å²) in [5.41, 5.74) is 0. The van der Waals surface area contributed by atoms with Gasteiger partial charge in [0, 0.05) is 13.5 Å². The second kappa shape index (κ2) is 53200. The van der Waals surface area contributed by atoms with Crippen LogP contribution in [-0.2, 0) is 0 Å². The van der Waals surface area contributed by atoms with E-state index < -0.39 is 0 Å². The van der Waals surface area contributed by atoms with Crippen LogP contribution >= 0.6 is 13.5 Å². The summed E-state index contributed by atoms with van der Waals surface area (Å²) in [6.45, 7) is 0. The summed E-state index contributed by atoms with van der Waals surface area (Å²) in [5, 5.41) is 0. The molecule has 7 nitrogen and oxygen atoms in total. The molecular formula is H14O7S. The van der Waals surface area contributed by atoms with Crippen molar-refractivity contribution in [2.24, 2.45) is 0 Å². The van der Waals surface area contributed by atoms with Crippen LogP contribution in [0.3, 0.4) is 0 Å². The van der Waals surface area contributed by atoms with Crippen molar-refractivity contribution in [2.45, 2.75) is 0 Å². The average molecular weight is 158 g/mol. The van der Waals surface area contributed by atoms with E-state index in [1.807, 2.05) is 0 Å². The summed E-state index contributed by atoms with van der Waals surface area (Å²) < 4.78 is 0. The summed E-state index contributed by atoms with van der Waals surface area (Å²) in [4.78, 5) is 0. The van der Waals surface area contributed by atoms with Crippen LogP contribution in [0.2, 0.25) is 0 Å². The first kappa shape index (κ1) is 82300. The molecule has 0 aliphatic rings. The maximum absolute atomic E-state index is 0. The van der Waals surface area contributed by atoms with Gasteiger partial charge in [-0.15, -0.1) is 0 Å². The lowest BCUT2D eigenvalue weighted by atomic mass is 16.0. The van der Waals surface area contributed by atoms with Crippen molar-refractivity contribution < 1.29 is 38.3 Å². The molecule has 0 atom stereocenters. The molecule has 0 saturated carbocycles. The minimum absolute atomic E-state index is 0. The quantitative estimate of drug-likeness (QED) is 0.322. The van der Waals surface area contributed by atoms with Gasteiger partial charge in [-0.3, -0.25) is 0 Å². The molecule has 14 N–H and O–H groups in total. The largest absolute Gasteiger partial charge is 0.412 e. The molecule has 8 heteroatoms. The molecule has 0 unspecified atom stereocenters. The number of rotatable bonds is 0. The number of hydrogen-bond acceptors (Lipinski definition) is 0. The van der Waals surface area contributed by atoms with E-state index in [1.54, 1.807) is 0 Å². The number of hydrogen-bond donors (Lipinski definition) is 0. The molecule has 0 heterocycles. The van der Waals surface area contributed by atoms with Crippen molar-refractivity contribution in [3.8, 4) is 0 Å². The monoisotopic (exact) mass is 158 g/mol. The zero-order valence-electron chi connectivity index (χ0n) is 3.91. The van der Waals surface area contributed by atoms with Gasteiger partial charge in [0.25, 0.3) is 0 Å². The molecular weight excluding hydrogens is 144 g/mol. The Hall–Kier alpha value is 0.0700. The van der Waals surface area contributed by atoms with Gasteiger partial charge in [0.1, 0.15) is 0 Å². The standard InChI is InChI=1S/7H2O.S/h7*1H2;. The van der Waals surface area contributed by atoms with Crippen LogP contribution in [0.25, 0.3) is 0 Å². The van der Waals surface area contributed by atoms with Crippen LogP contribution < -0.4 is 0 Å². The zero-order chi connectivity index (χ0) is 0. The second-order valence-electron chi connectivity index (χ2n) is 0. The van der Waals surface area contributed by atoms with E-state index in [4.69, 9.17) is 0 Å². The Balaban J connectivity index is 0. The summed E-state index contributed by atoms with van der Waals surface area (Å²) in [6, 6.07) is 0. The molecule has 0 aromatic rings. The van der Waals surface area contributed by atoms with Crippen LogP contribution in [0.1, 0.15) is 0 Å². The first-order chi connectivity index (χ1) is 0. The third kappa shape index (κ3) is 31800. The summed E-state index contributed by atoms with van der Waals surface area (Å²) >= 11 is 0. The molecule has 0 spiro atoms. The van der Waals surface area contributed by atoms with Crippen molar-refractivity contribution in [3.63, 3.8) is 0 Å². The summed E-state index contributed by atoms with van der Waals surface area (Å²) in [6.07, 6.45) is 0. The minimum Gasteiger partial charge on any atom is -0.412 e. The lowest BCUT2D eigenvalue weighted by Gasteiger charge is -0.413. The van der Waals surface area contributed by atoms with E-state index >= 15 is 0 Å². The van der Waals surface area contributed by atoms with Gasteiger partial charge < -0.3 is 38.3 Å². The smallest absolute Gasteiger partial charge is 0 e. The SMILES string of the molecule is O.O.O.O.O.O.O.[S].